The number of methoxy groups -OCH3 is 1. The molecule has 1 aromatic carbocycles. The third-order valence-electron chi connectivity index (χ3n) is 3.85. The predicted molar refractivity (Wildman–Crippen MR) is 85.8 cm³/mol. The van der Waals surface area contributed by atoms with Crippen molar-refractivity contribution in [1.29, 1.82) is 0 Å². The average molecular weight is 381 g/mol. The quantitative estimate of drug-likeness (QED) is 0.688. The molecule has 1 aromatic rings. The third kappa shape index (κ3) is 3.41. The van der Waals surface area contributed by atoms with Crippen LogP contribution in [0.5, 0.6) is 11.5 Å². The van der Waals surface area contributed by atoms with Crippen LogP contribution in [-0.2, 0) is 9.47 Å². The third-order valence-corrected chi connectivity index (χ3v) is 4.67. The van der Waals surface area contributed by atoms with E-state index in [9.17, 15) is 20.1 Å². The molecule has 1 aliphatic heterocycles. The highest BCUT2D eigenvalue weighted by molar-refractivity contribution is 6.39. The number of rotatable bonds is 3. The number of aliphatic hydroxyl groups is 2. The lowest BCUT2D eigenvalue weighted by Gasteiger charge is -2.35. The Hall–Kier alpha value is -1.25. The van der Waals surface area contributed by atoms with Gasteiger partial charge in [-0.15, -0.1) is 0 Å². The maximum atomic E-state index is 12.6. The van der Waals surface area contributed by atoms with Gasteiger partial charge in [0.25, 0.3) is 0 Å². The lowest BCUT2D eigenvalue weighted by molar-refractivity contribution is -0.226. The number of hydrogen-bond acceptors (Lipinski definition) is 7. The molecule has 4 atom stereocenters. The van der Waals surface area contributed by atoms with Crippen molar-refractivity contribution in [2.24, 2.45) is 0 Å². The Labute approximate surface area is 148 Å². The monoisotopic (exact) mass is 380 g/mol. The van der Waals surface area contributed by atoms with Crippen molar-refractivity contribution in [1.82, 2.24) is 0 Å². The topological polar surface area (TPSA) is 105 Å². The molecule has 134 valence electrons. The lowest BCUT2D eigenvalue weighted by atomic mass is 10.0. The van der Waals surface area contributed by atoms with Crippen LogP contribution in [-0.4, -0.2) is 53.0 Å². The van der Waals surface area contributed by atoms with Gasteiger partial charge in [-0.1, -0.05) is 23.2 Å². The normalized spacial score (nSPS) is 27.0. The Balaban J connectivity index is 2.37. The molecule has 0 saturated carbocycles. The van der Waals surface area contributed by atoms with E-state index in [-0.39, 0.29) is 33.3 Å². The number of carbonyl (C=O) groups excluding carboxylic acids is 1. The summed E-state index contributed by atoms with van der Waals surface area (Å²) < 4.78 is 15.6. The van der Waals surface area contributed by atoms with E-state index in [4.69, 9.17) is 37.4 Å². The Kier molecular flexibility index (Phi) is 5.83. The van der Waals surface area contributed by atoms with Gasteiger partial charge in [-0.2, -0.15) is 0 Å². The molecule has 1 fully saturated rings. The molecule has 1 heterocycles. The number of aromatic hydroxyl groups is 1. The van der Waals surface area contributed by atoms with E-state index in [1.807, 2.05) is 0 Å². The van der Waals surface area contributed by atoms with Crippen LogP contribution in [0, 0.1) is 6.92 Å². The largest absolute Gasteiger partial charge is 0.505 e. The molecule has 0 amide bonds. The number of aliphatic hydroxyl groups excluding tert-OH is 2. The summed E-state index contributed by atoms with van der Waals surface area (Å²) in [7, 11) is 1.28. The van der Waals surface area contributed by atoms with Gasteiger partial charge in [0, 0.05) is 6.42 Å². The number of phenols is 1. The maximum absolute atomic E-state index is 12.6. The second kappa shape index (κ2) is 7.33. The first kappa shape index (κ1) is 19.1. The lowest BCUT2D eigenvalue weighted by Crippen LogP contribution is -2.49. The van der Waals surface area contributed by atoms with Crippen molar-refractivity contribution in [2.45, 2.75) is 44.9 Å². The molecule has 0 spiro atoms. The highest BCUT2D eigenvalue weighted by Gasteiger charge is 2.39. The standard InChI is InChI=1S/C15H18Cl2O7/c1-5-9(14(22-3)11(17)12(20)10(5)16)15(21)24-13-6(2)23-8(19)4-7(13)18/h6-8,13,18-20H,4H2,1-3H3/t6-,7-,8-,13-/m1/s1. The first-order chi connectivity index (χ1) is 11.2. The maximum Gasteiger partial charge on any atom is 0.342 e. The fraction of sp³-hybridized carbons (Fsp3) is 0.533. The van der Waals surface area contributed by atoms with Gasteiger partial charge in [0.1, 0.15) is 10.6 Å². The summed E-state index contributed by atoms with van der Waals surface area (Å²) in [6.45, 7) is 3.06. The smallest absolute Gasteiger partial charge is 0.342 e. The van der Waals surface area contributed by atoms with Gasteiger partial charge in [0.15, 0.2) is 23.9 Å². The van der Waals surface area contributed by atoms with Crippen LogP contribution in [0.1, 0.15) is 29.3 Å². The SMILES string of the molecule is COc1c(Cl)c(O)c(Cl)c(C)c1C(=O)O[C@H]1[C@H](O)C[C@H](O)O[C@@H]1C. The van der Waals surface area contributed by atoms with Crippen molar-refractivity contribution in [3.63, 3.8) is 0 Å². The molecule has 0 bridgehead atoms. The van der Waals surface area contributed by atoms with E-state index < -0.39 is 36.3 Å². The first-order valence-electron chi connectivity index (χ1n) is 7.16. The minimum absolute atomic E-state index is 0.0594. The van der Waals surface area contributed by atoms with Crippen molar-refractivity contribution < 1.29 is 34.3 Å². The zero-order valence-corrected chi connectivity index (χ0v) is 14.8. The molecule has 7 nitrogen and oxygen atoms in total. The van der Waals surface area contributed by atoms with Gasteiger partial charge in [0.2, 0.25) is 0 Å². The summed E-state index contributed by atoms with van der Waals surface area (Å²) in [5.74, 6) is -1.33. The van der Waals surface area contributed by atoms with Gasteiger partial charge in [-0.05, 0) is 19.4 Å². The van der Waals surface area contributed by atoms with E-state index in [0.29, 0.717) is 0 Å². The molecule has 0 aromatic heterocycles. The van der Waals surface area contributed by atoms with E-state index >= 15 is 0 Å². The first-order valence-corrected chi connectivity index (χ1v) is 7.91. The molecule has 0 aliphatic carbocycles. The highest BCUT2D eigenvalue weighted by atomic mass is 35.5. The van der Waals surface area contributed by atoms with Gasteiger partial charge in [-0.25, -0.2) is 4.79 Å². The van der Waals surface area contributed by atoms with Crippen molar-refractivity contribution in [3.05, 3.63) is 21.2 Å². The number of phenolic OH excluding ortho intramolecular Hbond substituents is 1. The summed E-state index contributed by atoms with van der Waals surface area (Å²) in [4.78, 5) is 12.6. The molecule has 0 unspecified atom stereocenters. The minimum atomic E-state index is -1.13. The number of benzene rings is 1. The highest BCUT2D eigenvalue weighted by Crippen LogP contribution is 2.44. The van der Waals surface area contributed by atoms with Crippen LogP contribution >= 0.6 is 23.2 Å². The van der Waals surface area contributed by atoms with Crippen molar-refractivity contribution >= 4 is 29.2 Å². The van der Waals surface area contributed by atoms with Crippen LogP contribution in [0.3, 0.4) is 0 Å². The van der Waals surface area contributed by atoms with Gasteiger partial charge >= 0.3 is 5.97 Å². The van der Waals surface area contributed by atoms with Crippen LogP contribution in [0.4, 0.5) is 0 Å². The van der Waals surface area contributed by atoms with Crippen LogP contribution in [0.25, 0.3) is 0 Å². The summed E-state index contributed by atoms with van der Waals surface area (Å²) in [5.41, 5.74) is 0.162. The Morgan fingerprint density at radius 1 is 1.29 bits per heavy atom. The molecular formula is C15H18Cl2O7. The Morgan fingerprint density at radius 3 is 2.46 bits per heavy atom. The Morgan fingerprint density at radius 2 is 1.92 bits per heavy atom. The van der Waals surface area contributed by atoms with Crippen molar-refractivity contribution in [2.75, 3.05) is 7.11 Å². The van der Waals surface area contributed by atoms with Gasteiger partial charge < -0.3 is 29.5 Å². The van der Waals surface area contributed by atoms with Crippen LogP contribution in [0.15, 0.2) is 0 Å². The number of halogens is 2. The van der Waals surface area contributed by atoms with E-state index in [0.717, 1.165) is 0 Å². The van der Waals surface area contributed by atoms with Gasteiger partial charge in [-0.3, -0.25) is 0 Å². The zero-order chi connectivity index (χ0) is 18.2. The molecule has 1 aliphatic rings. The second-order valence-electron chi connectivity index (χ2n) is 5.48. The number of carbonyl (C=O) groups is 1. The summed E-state index contributed by atoms with van der Waals surface area (Å²) in [5, 5.41) is 29.0. The molecule has 9 heteroatoms. The molecule has 2 rings (SSSR count). The van der Waals surface area contributed by atoms with Crippen LogP contribution in [0.2, 0.25) is 10.0 Å². The number of ether oxygens (including phenoxy) is 3. The fourth-order valence-electron chi connectivity index (χ4n) is 2.60. The van der Waals surface area contributed by atoms with E-state index in [1.165, 1.54) is 14.0 Å². The van der Waals surface area contributed by atoms with E-state index in [1.54, 1.807) is 6.92 Å². The van der Waals surface area contributed by atoms with Crippen LogP contribution < -0.4 is 4.74 Å². The minimum Gasteiger partial charge on any atom is -0.505 e. The molecule has 1 saturated heterocycles. The van der Waals surface area contributed by atoms with Gasteiger partial charge in [0.05, 0.1) is 24.3 Å². The summed E-state index contributed by atoms with van der Waals surface area (Å²) in [6.07, 6.45) is -4.02. The number of esters is 1. The summed E-state index contributed by atoms with van der Waals surface area (Å²) >= 11 is 11.9. The summed E-state index contributed by atoms with van der Waals surface area (Å²) in [6, 6.07) is 0. The predicted octanol–water partition coefficient (Wildman–Crippen LogP) is 2.03. The fourth-order valence-corrected chi connectivity index (χ4v) is 3.10. The number of hydrogen-bond donors (Lipinski definition) is 3. The molecule has 24 heavy (non-hydrogen) atoms. The second-order valence-corrected chi connectivity index (χ2v) is 6.23. The molecular weight excluding hydrogens is 363 g/mol. The average Bonchev–Trinajstić information content (AvgIpc) is 2.51. The molecule has 3 N–H and O–H groups in total. The van der Waals surface area contributed by atoms with Crippen molar-refractivity contribution in [3.8, 4) is 11.5 Å². The zero-order valence-electron chi connectivity index (χ0n) is 13.2. The Bertz CT molecular complexity index is 637. The van der Waals surface area contributed by atoms with E-state index in [2.05, 4.69) is 0 Å². The molecule has 0 radical (unpaired) electrons.